The summed E-state index contributed by atoms with van der Waals surface area (Å²) in [5, 5.41) is 3.42. The number of aromatic nitrogens is 4. The van der Waals surface area contributed by atoms with Crippen molar-refractivity contribution < 1.29 is 4.42 Å². The van der Waals surface area contributed by atoms with Crippen LogP contribution >= 0.6 is 0 Å². The third-order valence-electron chi connectivity index (χ3n) is 4.69. The minimum Gasteiger partial charge on any atom is -0.467 e. The Hall–Kier alpha value is -2.90. The summed E-state index contributed by atoms with van der Waals surface area (Å²) in [4.78, 5) is 36.3. The molecule has 3 heterocycles. The number of nitrogens with one attached hydrogen (secondary N) is 2. The van der Waals surface area contributed by atoms with Gasteiger partial charge in [-0.1, -0.05) is 12.8 Å². The van der Waals surface area contributed by atoms with E-state index in [1.807, 2.05) is 13.0 Å². The SMILES string of the molecule is C[C@H](Nc1ncc2c(=O)n(C3CCCC3)c(=O)[nH]c2n1)c1ccco1. The van der Waals surface area contributed by atoms with E-state index in [9.17, 15) is 9.59 Å². The van der Waals surface area contributed by atoms with Gasteiger partial charge in [-0.05, 0) is 31.9 Å². The predicted molar refractivity (Wildman–Crippen MR) is 92.7 cm³/mol. The summed E-state index contributed by atoms with van der Waals surface area (Å²) in [6.07, 6.45) is 6.85. The van der Waals surface area contributed by atoms with Crippen molar-refractivity contribution in [2.45, 2.75) is 44.7 Å². The first kappa shape index (κ1) is 15.6. The van der Waals surface area contributed by atoms with Crippen LogP contribution in [-0.4, -0.2) is 19.5 Å². The molecule has 3 aromatic heterocycles. The molecule has 0 amide bonds. The maximum absolute atomic E-state index is 12.7. The van der Waals surface area contributed by atoms with E-state index in [0.29, 0.717) is 11.3 Å². The van der Waals surface area contributed by atoms with Crippen LogP contribution in [0.1, 0.15) is 50.5 Å². The van der Waals surface area contributed by atoms with Crippen molar-refractivity contribution in [1.82, 2.24) is 19.5 Å². The number of furan rings is 1. The Morgan fingerprint density at radius 1 is 1.36 bits per heavy atom. The molecule has 4 rings (SSSR count). The zero-order valence-electron chi connectivity index (χ0n) is 13.9. The molecular weight excluding hydrogens is 322 g/mol. The van der Waals surface area contributed by atoms with Gasteiger partial charge >= 0.3 is 5.69 Å². The van der Waals surface area contributed by atoms with Crippen LogP contribution in [0.25, 0.3) is 11.0 Å². The smallest absolute Gasteiger partial charge is 0.330 e. The highest BCUT2D eigenvalue weighted by atomic mass is 16.3. The molecule has 2 N–H and O–H groups in total. The first-order chi connectivity index (χ1) is 12.1. The molecule has 1 atom stereocenters. The van der Waals surface area contributed by atoms with Crippen LogP contribution in [0.5, 0.6) is 0 Å². The van der Waals surface area contributed by atoms with Crippen LogP contribution in [0.4, 0.5) is 5.95 Å². The van der Waals surface area contributed by atoms with E-state index >= 15 is 0 Å². The first-order valence-electron chi connectivity index (χ1n) is 8.45. The highest BCUT2D eigenvalue weighted by Crippen LogP contribution is 2.27. The van der Waals surface area contributed by atoms with E-state index in [4.69, 9.17) is 4.42 Å². The lowest BCUT2D eigenvalue weighted by molar-refractivity contribution is 0.482. The van der Waals surface area contributed by atoms with E-state index < -0.39 is 5.69 Å². The molecule has 0 radical (unpaired) electrons. The van der Waals surface area contributed by atoms with Crippen LogP contribution in [-0.2, 0) is 0 Å². The highest BCUT2D eigenvalue weighted by molar-refractivity contribution is 5.73. The molecule has 0 unspecified atom stereocenters. The quantitative estimate of drug-likeness (QED) is 0.754. The van der Waals surface area contributed by atoms with Crippen molar-refractivity contribution in [2.24, 2.45) is 0 Å². The summed E-state index contributed by atoms with van der Waals surface area (Å²) in [5.74, 6) is 1.07. The standard InChI is InChI=1S/C17H19N5O3/c1-10(13-7-4-8-25-13)19-16-18-9-12-14(20-16)21-17(24)22(15(12)23)11-5-2-3-6-11/h4,7-11H,2-3,5-6H2,1H3,(H2,18,19,20,21,24)/t10-/m0/s1. The number of rotatable bonds is 4. The molecule has 0 saturated heterocycles. The number of fused-ring (bicyclic) bond motifs is 1. The number of H-pyrrole nitrogens is 1. The second kappa shape index (κ2) is 6.19. The molecule has 0 spiro atoms. The molecule has 3 aromatic rings. The van der Waals surface area contributed by atoms with Gasteiger partial charge in [-0.15, -0.1) is 0 Å². The molecule has 0 aliphatic heterocycles. The lowest BCUT2D eigenvalue weighted by atomic mass is 10.2. The molecule has 1 aliphatic rings. The van der Waals surface area contributed by atoms with Crippen molar-refractivity contribution in [3.05, 3.63) is 51.2 Å². The Labute approximate surface area is 142 Å². The Morgan fingerprint density at radius 3 is 2.88 bits per heavy atom. The topological polar surface area (TPSA) is 106 Å². The van der Waals surface area contributed by atoms with Crippen molar-refractivity contribution in [1.29, 1.82) is 0 Å². The average molecular weight is 341 g/mol. The first-order valence-corrected chi connectivity index (χ1v) is 8.45. The van der Waals surface area contributed by atoms with E-state index in [1.54, 1.807) is 12.3 Å². The number of hydrogen-bond donors (Lipinski definition) is 2. The average Bonchev–Trinajstić information content (AvgIpc) is 3.28. The number of hydrogen-bond acceptors (Lipinski definition) is 6. The maximum atomic E-state index is 12.7. The lowest BCUT2D eigenvalue weighted by Crippen LogP contribution is -2.37. The van der Waals surface area contributed by atoms with Gasteiger partial charge in [0.25, 0.3) is 5.56 Å². The van der Waals surface area contributed by atoms with Gasteiger partial charge in [0, 0.05) is 12.2 Å². The monoisotopic (exact) mass is 341 g/mol. The van der Waals surface area contributed by atoms with Gasteiger partial charge in [0.15, 0.2) is 5.65 Å². The molecule has 1 fully saturated rings. The molecule has 1 saturated carbocycles. The predicted octanol–water partition coefficient (Wildman–Crippen LogP) is 2.36. The third kappa shape index (κ3) is 2.84. The summed E-state index contributed by atoms with van der Waals surface area (Å²) >= 11 is 0. The minimum absolute atomic E-state index is 0.0302. The Kier molecular flexibility index (Phi) is 3.87. The molecule has 8 heteroatoms. The summed E-state index contributed by atoms with van der Waals surface area (Å²) in [6, 6.07) is 3.48. The van der Waals surface area contributed by atoms with Crippen molar-refractivity contribution in [3.63, 3.8) is 0 Å². The van der Waals surface area contributed by atoms with Gasteiger partial charge in [-0.25, -0.2) is 9.78 Å². The normalized spacial score (nSPS) is 16.4. The Morgan fingerprint density at radius 2 is 2.16 bits per heavy atom. The summed E-state index contributed by atoms with van der Waals surface area (Å²) in [7, 11) is 0. The van der Waals surface area contributed by atoms with E-state index in [0.717, 1.165) is 31.4 Å². The summed E-state index contributed by atoms with van der Waals surface area (Å²) < 4.78 is 6.65. The Balaban J connectivity index is 1.71. The third-order valence-corrected chi connectivity index (χ3v) is 4.69. The van der Waals surface area contributed by atoms with Crippen LogP contribution in [0, 0.1) is 0 Å². The second-order valence-corrected chi connectivity index (χ2v) is 6.38. The van der Waals surface area contributed by atoms with Crippen molar-refractivity contribution in [2.75, 3.05) is 5.32 Å². The zero-order chi connectivity index (χ0) is 17.4. The van der Waals surface area contributed by atoms with Gasteiger partial charge in [-0.3, -0.25) is 14.3 Å². The molecular formula is C17H19N5O3. The largest absolute Gasteiger partial charge is 0.467 e. The van der Waals surface area contributed by atoms with Gasteiger partial charge in [0.05, 0.1) is 12.3 Å². The Bertz CT molecular complexity index is 999. The molecule has 25 heavy (non-hydrogen) atoms. The van der Waals surface area contributed by atoms with Crippen LogP contribution in [0.15, 0.2) is 38.6 Å². The van der Waals surface area contributed by atoms with Crippen LogP contribution < -0.4 is 16.6 Å². The van der Waals surface area contributed by atoms with Gasteiger partial charge in [-0.2, -0.15) is 4.98 Å². The maximum Gasteiger partial charge on any atom is 0.330 e. The molecule has 0 aromatic carbocycles. The number of aromatic amines is 1. The fourth-order valence-electron chi connectivity index (χ4n) is 3.38. The number of nitrogens with zero attached hydrogens (tertiary/aromatic N) is 3. The fourth-order valence-corrected chi connectivity index (χ4v) is 3.38. The lowest BCUT2D eigenvalue weighted by Gasteiger charge is -2.14. The van der Waals surface area contributed by atoms with Crippen molar-refractivity contribution >= 4 is 17.0 Å². The second-order valence-electron chi connectivity index (χ2n) is 6.38. The van der Waals surface area contributed by atoms with Crippen LogP contribution in [0.3, 0.4) is 0 Å². The van der Waals surface area contributed by atoms with E-state index in [2.05, 4.69) is 20.3 Å². The molecule has 8 nitrogen and oxygen atoms in total. The van der Waals surface area contributed by atoms with E-state index in [-0.39, 0.29) is 23.3 Å². The van der Waals surface area contributed by atoms with E-state index in [1.165, 1.54) is 10.8 Å². The fraction of sp³-hybridized carbons (Fsp3) is 0.412. The van der Waals surface area contributed by atoms with Crippen LogP contribution in [0.2, 0.25) is 0 Å². The molecule has 130 valence electrons. The van der Waals surface area contributed by atoms with Gasteiger partial charge in [0.1, 0.15) is 11.1 Å². The minimum atomic E-state index is -0.409. The van der Waals surface area contributed by atoms with Gasteiger partial charge in [0.2, 0.25) is 5.95 Å². The summed E-state index contributed by atoms with van der Waals surface area (Å²) in [6.45, 7) is 1.91. The summed E-state index contributed by atoms with van der Waals surface area (Å²) in [5.41, 5.74) is -0.488. The molecule has 0 bridgehead atoms. The molecule has 1 aliphatic carbocycles. The van der Waals surface area contributed by atoms with Crippen molar-refractivity contribution in [3.8, 4) is 0 Å². The highest BCUT2D eigenvalue weighted by Gasteiger charge is 2.22. The van der Waals surface area contributed by atoms with Gasteiger partial charge < -0.3 is 9.73 Å². The number of anilines is 1. The zero-order valence-corrected chi connectivity index (χ0v) is 13.9.